The van der Waals surface area contributed by atoms with Gasteiger partial charge in [0.25, 0.3) is 0 Å². The van der Waals surface area contributed by atoms with Crippen LogP contribution in [-0.2, 0) is 76.6 Å². The number of hydrogen-bond donors (Lipinski definition) is 0. The van der Waals surface area contributed by atoms with Crippen molar-refractivity contribution in [1.29, 1.82) is 0 Å². The van der Waals surface area contributed by atoms with Gasteiger partial charge in [-0.2, -0.15) is 0 Å². The van der Waals surface area contributed by atoms with Crippen molar-refractivity contribution in [1.82, 2.24) is 0 Å². The molecular weight excluding hydrogens is 861 g/mol. The van der Waals surface area contributed by atoms with Crippen molar-refractivity contribution in [2.75, 3.05) is 47.3 Å². The van der Waals surface area contributed by atoms with Gasteiger partial charge in [-0.15, -0.1) is 0 Å². The van der Waals surface area contributed by atoms with Crippen LogP contribution >= 0.6 is 0 Å². The van der Waals surface area contributed by atoms with Gasteiger partial charge in [0.2, 0.25) is 0 Å². The molecule has 360 valence electrons. The minimum absolute atomic E-state index is 0.00458. The molecular formula is C53H64O14. The lowest BCUT2D eigenvalue weighted by Gasteiger charge is -2.32. The first-order valence-corrected chi connectivity index (χ1v) is 22.0. The molecule has 0 spiro atoms. The summed E-state index contributed by atoms with van der Waals surface area (Å²) in [6.45, 7) is 18.3. The molecule has 3 aromatic rings. The Morgan fingerprint density at radius 3 is 1.57 bits per heavy atom. The van der Waals surface area contributed by atoms with Crippen LogP contribution in [-0.4, -0.2) is 83.1 Å². The molecule has 67 heavy (non-hydrogen) atoms. The third kappa shape index (κ3) is 19.2. The van der Waals surface area contributed by atoms with Gasteiger partial charge in [0, 0.05) is 22.3 Å². The maximum Gasteiger partial charge on any atom is 0.334 e. The van der Waals surface area contributed by atoms with E-state index < -0.39 is 73.9 Å². The van der Waals surface area contributed by atoms with Crippen molar-refractivity contribution in [2.24, 2.45) is 5.41 Å². The van der Waals surface area contributed by atoms with Crippen LogP contribution in [0.4, 0.5) is 0 Å². The van der Waals surface area contributed by atoms with Crippen LogP contribution in [0.1, 0.15) is 82.4 Å². The molecule has 3 aromatic carbocycles. The minimum atomic E-state index is -1.56. The lowest BCUT2D eigenvalue weighted by atomic mass is 9.91. The number of carbonyl (C=O) groups excluding carboxylic acids is 6. The molecule has 0 N–H and O–H groups in total. The zero-order valence-corrected chi connectivity index (χ0v) is 39.5. The van der Waals surface area contributed by atoms with E-state index in [9.17, 15) is 28.8 Å². The van der Waals surface area contributed by atoms with E-state index in [0.717, 1.165) is 61.5 Å². The average Bonchev–Trinajstić information content (AvgIpc) is 3.32. The standard InChI is InChI=1S/C53H64O14/c1-10-11-12-13-15-40-17-22-44(23-18-40)62-27-14-16-41-19-26-46(43(30-41)31-63-49(56)36(2)3)42-20-24-45(25-21-42)64-32-53(33-65-50(57)37(4)5,34-66-51(58)38(6)28-47(54)60-8)35-67-52(59)39(7)29-48(55)61-9/h17-26,30H,2,4,6-7,10-16,27-29,31-35H2,1,3,5,8-9H3. The monoisotopic (exact) mass is 924 g/mol. The zero-order valence-electron chi connectivity index (χ0n) is 39.5. The van der Waals surface area contributed by atoms with Gasteiger partial charge in [-0.3, -0.25) is 9.59 Å². The Morgan fingerprint density at radius 1 is 0.537 bits per heavy atom. The highest BCUT2D eigenvalue weighted by Crippen LogP contribution is 2.30. The third-order valence-corrected chi connectivity index (χ3v) is 10.3. The molecule has 0 bridgehead atoms. The number of rotatable bonds is 30. The van der Waals surface area contributed by atoms with Crippen molar-refractivity contribution < 1.29 is 66.7 Å². The number of hydrogen-bond acceptors (Lipinski definition) is 14. The van der Waals surface area contributed by atoms with E-state index in [1.807, 2.05) is 30.3 Å². The maximum absolute atomic E-state index is 13.0. The fourth-order valence-corrected chi connectivity index (χ4v) is 6.28. The van der Waals surface area contributed by atoms with Crippen molar-refractivity contribution in [3.05, 3.63) is 132 Å². The smallest absolute Gasteiger partial charge is 0.334 e. The number of aryl methyl sites for hydroxylation is 2. The highest BCUT2D eigenvalue weighted by Gasteiger charge is 2.38. The summed E-state index contributed by atoms with van der Waals surface area (Å²) in [6.07, 6.45) is 6.52. The van der Waals surface area contributed by atoms with Crippen molar-refractivity contribution in [3.8, 4) is 22.6 Å². The predicted molar refractivity (Wildman–Crippen MR) is 252 cm³/mol. The Bertz CT molecular complexity index is 2170. The summed E-state index contributed by atoms with van der Waals surface area (Å²) in [5.74, 6) is -3.53. The van der Waals surface area contributed by atoms with E-state index in [0.29, 0.717) is 12.4 Å². The summed E-state index contributed by atoms with van der Waals surface area (Å²) in [7, 11) is 2.31. The summed E-state index contributed by atoms with van der Waals surface area (Å²) in [5, 5.41) is 0. The molecule has 0 aliphatic heterocycles. The van der Waals surface area contributed by atoms with Gasteiger partial charge in [-0.05, 0) is 91.6 Å². The van der Waals surface area contributed by atoms with Crippen LogP contribution in [0.5, 0.6) is 11.5 Å². The molecule has 14 nitrogen and oxygen atoms in total. The van der Waals surface area contributed by atoms with Crippen molar-refractivity contribution in [3.63, 3.8) is 0 Å². The van der Waals surface area contributed by atoms with Gasteiger partial charge in [-0.25, -0.2) is 19.2 Å². The summed E-state index contributed by atoms with van der Waals surface area (Å²) in [6, 6.07) is 21.2. The third-order valence-electron chi connectivity index (χ3n) is 10.3. The first kappa shape index (κ1) is 54.4. The quantitative estimate of drug-likeness (QED) is 0.0268. The van der Waals surface area contributed by atoms with Gasteiger partial charge in [0.15, 0.2) is 0 Å². The Balaban J connectivity index is 1.84. The van der Waals surface area contributed by atoms with Crippen molar-refractivity contribution in [2.45, 2.75) is 85.2 Å². The predicted octanol–water partition coefficient (Wildman–Crippen LogP) is 8.92. The van der Waals surface area contributed by atoms with E-state index in [1.54, 1.807) is 31.2 Å². The summed E-state index contributed by atoms with van der Waals surface area (Å²) in [5.41, 5.74) is 3.01. The number of methoxy groups -OCH3 is 2. The second-order valence-corrected chi connectivity index (χ2v) is 16.3. The Hall–Kier alpha value is -6.96. The first-order valence-electron chi connectivity index (χ1n) is 22.0. The first-order chi connectivity index (χ1) is 32.0. The van der Waals surface area contributed by atoms with E-state index >= 15 is 0 Å². The molecule has 0 aromatic heterocycles. The summed E-state index contributed by atoms with van der Waals surface area (Å²) >= 11 is 0. The SMILES string of the molecule is C=C(C)C(=O)OCc1cc(CCCOc2ccc(CCCCCC)cc2)ccc1-c1ccc(OCC(COC(=O)C(=C)C)(COC(=O)C(=C)CC(=O)OC)COC(=O)C(=C)CC(=O)OC)cc1. The lowest BCUT2D eigenvalue weighted by Crippen LogP contribution is -2.44. The fourth-order valence-electron chi connectivity index (χ4n) is 6.28. The number of unbranched alkanes of at least 4 members (excludes halogenated alkanes) is 3. The molecule has 0 aliphatic rings. The van der Waals surface area contributed by atoms with E-state index in [4.69, 9.17) is 28.4 Å². The number of ether oxygens (including phenoxy) is 8. The van der Waals surface area contributed by atoms with Gasteiger partial charge in [-0.1, -0.05) is 95.0 Å². The lowest BCUT2D eigenvalue weighted by molar-refractivity contribution is -0.161. The highest BCUT2D eigenvalue weighted by atomic mass is 16.6. The summed E-state index contributed by atoms with van der Waals surface area (Å²) < 4.78 is 43.6. The van der Waals surface area contributed by atoms with Crippen LogP contribution in [0.25, 0.3) is 11.1 Å². The maximum atomic E-state index is 13.0. The molecule has 0 fully saturated rings. The minimum Gasteiger partial charge on any atom is -0.494 e. The van der Waals surface area contributed by atoms with Crippen LogP contribution < -0.4 is 9.47 Å². The van der Waals surface area contributed by atoms with Crippen LogP contribution in [0.3, 0.4) is 0 Å². The normalized spacial score (nSPS) is 10.8. The van der Waals surface area contributed by atoms with E-state index in [2.05, 4.69) is 54.8 Å². The highest BCUT2D eigenvalue weighted by molar-refractivity contribution is 5.94. The number of carbonyl (C=O) groups is 6. The van der Waals surface area contributed by atoms with Crippen LogP contribution in [0.15, 0.2) is 115 Å². The van der Waals surface area contributed by atoms with Gasteiger partial charge >= 0.3 is 35.8 Å². The molecule has 0 saturated carbocycles. The molecule has 0 aliphatic carbocycles. The molecule has 0 unspecified atom stereocenters. The molecule has 3 rings (SSSR count). The Labute approximate surface area is 393 Å². The molecule has 0 heterocycles. The van der Waals surface area contributed by atoms with E-state index in [1.165, 1.54) is 38.2 Å². The van der Waals surface area contributed by atoms with Crippen LogP contribution in [0, 0.1) is 5.41 Å². The number of benzene rings is 3. The molecule has 14 heteroatoms. The fraction of sp³-hybridized carbons (Fsp3) is 0.396. The number of esters is 6. The molecule has 0 amide bonds. The second kappa shape index (κ2) is 28.2. The molecule has 0 saturated heterocycles. The van der Waals surface area contributed by atoms with Crippen LogP contribution in [0.2, 0.25) is 0 Å². The summed E-state index contributed by atoms with van der Waals surface area (Å²) in [4.78, 5) is 74.7. The average molecular weight is 925 g/mol. The van der Waals surface area contributed by atoms with E-state index in [-0.39, 0.29) is 35.5 Å². The molecule has 0 atom stereocenters. The van der Waals surface area contributed by atoms with Gasteiger partial charge in [0.1, 0.15) is 49.9 Å². The molecule has 0 radical (unpaired) electrons. The zero-order chi connectivity index (χ0) is 49.4. The topological polar surface area (TPSA) is 176 Å². The second-order valence-electron chi connectivity index (χ2n) is 16.3. The van der Waals surface area contributed by atoms with Crippen molar-refractivity contribution >= 4 is 35.8 Å². The Morgan fingerprint density at radius 2 is 1.03 bits per heavy atom. The van der Waals surface area contributed by atoms with Gasteiger partial charge < -0.3 is 37.9 Å². The van der Waals surface area contributed by atoms with Gasteiger partial charge in [0.05, 0.1) is 33.7 Å². The Kier molecular flexibility index (Phi) is 22.9. The largest absolute Gasteiger partial charge is 0.494 e.